The predicted octanol–water partition coefficient (Wildman–Crippen LogP) is 2.83. The Hall–Kier alpha value is -1.09. The van der Waals surface area contributed by atoms with Gasteiger partial charge < -0.3 is 10.1 Å². The van der Waals surface area contributed by atoms with Gasteiger partial charge in [-0.2, -0.15) is 0 Å². The molecular weight excluding hydrogens is 226 g/mol. The number of hydrogen-bond acceptors (Lipinski definition) is 2. The molecule has 0 spiro atoms. The average molecular weight is 251 g/mol. The van der Waals surface area contributed by atoms with Crippen LogP contribution in [0.3, 0.4) is 0 Å². The van der Waals surface area contributed by atoms with E-state index in [1.165, 1.54) is 12.8 Å². The molecule has 1 saturated heterocycles. The maximum absolute atomic E-state index is 11.5. The minimum absolute atomic E-state index is 0.0132. The van der Waals surface area contributed by atoms with E-state index in [1.54, 1.807) is 6.08 Å². The second kappa shape index (κ2) is 9.89. The van der Waals surface area contributed by atoms with Gasteiger partial charge in [0.2, 0.25) is 5.91 Å². The van der Waals surface area contributed by atoms with Gasteiger partial charge in [-0.1, -0.05) is 38.0 Å². The lowest BCUT2D eigenvalue weighted by Crippen LogP contribution is -2.32. The Kier molecular flexibility index (Phi) is 8.23. The van der Waals surface area contributed by atoms with Crippen LogP contribution in [-0.4, -0.2) is 25.7 Å². The molecule has 1 unspecified atom stereocenters. The van der Waals surface area contributed by atoms with Crippen molar-refractivity contribution in [3.63, 3.8) is 0 Å². The first-order valence-electron chi connectivity index (χ1n) is 7.01. The van der Waals surface area contributed by atoms with Gasteiger partial charge >= 0.3 is 0 Å². The third-order valence-electron chi connectivity index (χ3n) is 3.04. The van der Waals surface area contributed by atoms with E-state index in [2.05, 4.69) is 18.3 Å². The predicted molar refractivity (Wildman–Crippen MR) is 74.4 cm³/mol. The van der Waals surface area contributed by atoms with Crippen molar-refractivity contribution in [2.24, 2.45) is 5.92 Å². The van der Waals surface area contributed by atoms with Gasteiger partial charge in [-0.3, -0.25) is 4.79 Å². The Bertz CT molecular complexity index is 278. The summed E-state index contributed by atoms with van der Waals surface area (Å²) in [5, 5.41) is 2.91. The molecule has 0 aromatic heterocycles. The van der Waals surface area contributed by atoms with E-state index in [1.807, 2.05) is 12.2 Å². The van der Waals surface area contributed by atoms with Gasteiger partial charge in [0.25, 0.3) is 0 Å². The minimum atomic E-state index is -0.0132. The Balaban J connectivity index is 2.08. The lowest BCUT2D eigenvalue weighted by Gasteiger charge is -2.21. The molecule has 0 aromatic carbocycles. The van der Waals surface area contributed by atoms with Crippen LogP contribution in [0, 0.1) is 5.92 Å². The highest BCUT2D eigenvalue weighted by Gasteiger charge is 2.13. The van der Waals surface area contributed by atoms with E-state index in [4.69, 9.17) is 4.74 Å². The maximum Gasteiger partial charge on any atom is 0.243 e. The lowest BCUT2D eigenvalue weighted by molar-refractivity contribution is -0.116. The molecule has 1 aliphatic rings. The summed E-state index contributed by atoms with van der Waals surface area (Å²) in [5.41, 5.74) is 0. The van der Waals surface area contributed by atoms with E-state index in [0.29, 0.717) is 5.92 Å². The zero-order chi connectivity index (χ0) is 13.1. The number of carbonyl (C=O) groups excluding carboxylic acids is 1. The fraction of sp³-hybridized carbons (Fsp3) is 0.667. The number of carbonyl (C=O) groups is 1. The number of unbranched alkanes of at least 4 members (excludes halogenated alkanes) is 2. The molecule has 0 radical (unpaired) electrons. The first-order valence-corrected chi connectivity index (χ1v) is 7.01. The van der Waals surface area contributed by atoms with Gasteiger partial charge in [0.05, 0.1) is 6.61 Å². The van der Waals surface area contributed by atoms with Crippen LogP contribution in [0.5, 0.6) is 0 Å². The highest BCUT2D eigenvalue weighted by molar-refractivity contribution is 5.87. The van der Waals surface area contributed by atoms with Crippen molar-refractivity contribution >= 4 is 5.91 Å². The zero-order valence-electron chi connectivity index (χ0n) is 11.4. The summed E-state index contributed by atoms with van der Waals surface area (Å²) in [6.07, 6.45) is 13.2. The fourth-order valence-electron chi connectivity index (χ4n) is 1.91. The molecule has 1 aliphatic heterocycles. The van der Waals surface area contributed by atoms with Crippen molar-refractivity contribution in [3.05, 3.63) is 24.3 Å². The normalized spacial score (nSPS) is 20.6. The summed E-state index contributed by atoms with van der Waals surface area (Å²) in [5.74, 6) is 0.469. The van der Waals surface area contributed by atoms with E-state index in [-0.39, 0.29) is 5.91 Å². The number of hydrogen-bond donors (Lipinski definition) is 1. The smallest absolute Gasteiger partial charge is 0.243 e. The third-order valence-corrected chi connectivity index (χ3v) is 3.04. The fourth-order valence-corrected chi connectivity index (χ4v) is 1.91. The van der Waals surface area contributed by atoms with Crippen molar-refractivity contribution in [2.45, 2.75) is 39.0 Å². The molecule has 0 bridgehead atoms. The summed E-state index contributed by atoms with van der Waals surface area (Å²) in [4.78, 5) is 11.5. The van der Waals surface area contributed by atoms with Gasteiger partial charge in [0.15, 0.2) is 0 Å². The Morgan fingerprint density at radius 1 is 1.44 bits per heavy atom. The van der Waals surface area contributed by atoms with Gasteiger partial charge in [-0.25, -0.2) is 0 Å². The largest absolute Gasteiger partial charge is 0.381 e. The van der Waals surface area contributed by atoms with Crippen LogP contribution in [0.4, 0.5) is 0 Å². The molecule has 1 N–H and O–H groups in total. The average Bonchev–Trinajstić information content (AvgIpc) is 2.41. The van der Waals surface area contributed by atoms with Crippen molar-refractivity contribution in [2.75, 3.05) is 19.8 Å². The van der Waals surface area contributed by atoms with Crippen LogP contribution in [0.15, 0.2) is 24.3 Å². The molecule has 0 aliphatic carbocycles. The lowest BCUT2D eigenvalue weighted by atomic mass is 10.0. The highest BCUT2D eigenvalue weighted by Crippen LogP contribution is 2.11. The third kappa shape index (κ3) is 7.28. The Labute approximate surface area is 110 Å². The van der Waals surface area contributed by atoms with Crippen molar-refractivity contribution in [1.29, 1.82) is 0 Å². The molecule has 18 heavy (non-hydrogen) atoms. The number of nitrogens with one attached hydrogen (secondary N) is 1. The summed E-state index contributed by atoms with van der Waals surface area (Å²) < 4.78 is 5.37. The number of rotatable bonds is 7. The monoisotopic (exact) mass is 251 g/mol. The second-order valence-electron chi connectivity index (χ2n) is 4.76. The summed E-state index contributed by atoms with van der Waals surface area (Å²) in [6.45, 7) is 4.54. The summed E-state index contributed by atoms with van der Waals surface area (Å²) >= 11 is 0. The van der Waals surface area contributed by atoms with Crippen molar-refractivity contribution in [3.8, 4) is 0 Å². The first-order chi connectivity index (χ1) is 8.83. The molecule has 1 heterocycles. The second-order valence-corrected chi connectivity index (χ2v) is 4.76. The topological polar surface area (TPSA) is 38.3 Å². The molecule has 0 saturated carbocycles. The molecule has 1 amide bonds. The molecule has 102 valence electrons. The van der Waals surface area contributed by atoms with Crippen LogP contribution in [0.25, 0.3) is 0 Å². The van der Waals surface area contributed by atoms with Crippen LogP contribution in [0.2, 0.25) is 0 Å². The standard InChI is InChI=1S/C15H25NO2/c1-2-3-4-5-6-7-10-15(17)16-12-14-9-8-11-18-13-14/h5-7,10,14H,2-4,8-9,11-13H2,1H3,(H,16,17). The molecule has 3 nitrogen and oxygen atoms in total. The molecule has 3 heteroatoms. The summed E-state index contributed by atoms with van der Waals surface area (Å²) in [6, 6.07) is 0. The first kappa shape index (κ1) is 15.0. The molecular formula is C15H25NO2. The van der Waals surface area contributed by atoms with Crippen LogP contribution >= 0.6 is 0 Å². The van der Waals surface area contributed by atoms with E-state index >= 15 is 0 Å². The Morgan fingerprint density at radius 3 is 3.06 bits per heavy atom. The molecule has 1 fully saturated rings. The van der Waals surface area contributed by atoms with E-state index in [9.17, 15) is 4.79 Å². The number of ether oxygens (including phenoxy) is 1. The number of amides is 1. The van der Waals surface area contributed by atoms with Gasteiger partial charge in [0, 0.05) is 19.2 Å². The quantitative estimate of drug-likeness (QED) is 0.429. The van der Waals surface area contributed by atoms with Gasteiger partial charge in [-0.15, -0.1) is 0 Å². The van der Waals surface area contributed by atoms with Gasteiger partial charge in [0.1, 0.15) is 0 Å². The van der Waals surface area contributed by atoms with Crippen LogP contribution in [0.1, 0.15) is 39.0 Å². The summed E-state index contributed by atoms with van der Waals surface area (Å²) in [7, 11) is 0. The van der Waals surface area contributed by atoms with Crippen LogP contribution in [-0.2, 0) is 9.53 Å². The van der Waals surface area contributed by atoms with Gasteiger partial charge in [-0.05, 0) is 25.2 Å². The highest BCUT2D eigenvalue weighted by atomic mass is 16.5. The van der Waals surface area contributed by atoms with E-state index in [0.717, 1.165) is 39.0 Å². The van der Waals surface area contributed by atoms with E-state index < -0.39 is 0 Å². The zero-order valence-corrected chi connectivity index (χ0v) is 11.4. The van der Waals surface area contributed by atoms with Crippen molar-refractivity contribution < 1.29 is 9.53 Å². The SMILES string of the molecule is CCCCC=CC=CC(=O)NCC1CCCOC1. The van der Waals surface area contributed by atoms with Crippen molar-refractivity contribution in [1.82, 2.24) is 5.32 Å². The minimum Gasteiger partial charge on any atom is -0.381 e. The number of allylic oxidation sites excluding steroid dienone is 3. The molecule has 1 rings (SSSR count). The molecule has 1 atom stereocenters. The van der Waals surface area contributed by atoms with Crippen LogP contribution < -0.4 is 5.32 Å². The maximum atomic E-state index is 11.5. The Morgan fingerprint density at radius 2 is 2.33 bits per heavy atom. The molecule has 0 aromatic rings.